The number of rotatable bonds is 0. The molecule has 0 saturated carbocycles. The third-order valence-corrected chi connectivity index (χ3v) is 2.74. The Labute approximate surface area is 57.4 Å². The number of hydrogen-bond acceptors (Lipinski definition) is 1. The fourth-order valence-corrected chi connectivity index (χ4v) is 1.44. The second-order valence-electron chi connectivity index (χ2n) is 3.26. The van der Waals surface area contributed by atoms with Crippen LogP contribution in [0.3, 0.4) is 0 Å². The molecule has 0 N–H and O–H groups in total. The van der Waals surface area contributed by atoms with Gasteiger partial charge in [0.2, 0.25) is 0 Å². The van der Waals surface area contributed by atoms with Crippen molar-refractivity contribution in [2.24, 2.45) is 11.8 Å². The van der Waals surface area contributed by atoms with Crippen molar-refractivity contribution in [1.29, 1.82) is 0 Å². The average molecular weight is 128 g/mol. The Morgan fingerprint density at radius 3 is 1.22 bits per heavy atom. The van der Waals surface area contributed by atoms with E-state index < -0.39 is 0 Å². The minimum atomic E-state index is 0.468. The maximum Gasteiger partial charge on any atom is 0.0579 e. The second-order valence-corrected chi connectivity index (χ2v) is 3.26. The Morgan fingerprint density at radius 2 is 1.11 bits per heavy atom. The van der Waals surface area contributed by atoms with Crippen LogP contribution in [0.5, 0.6) is 0 Å². The van der Waals surface area contributed by atoms with Crippen LogP contribution in [-0.2, 0) is 4.74 Å². The van der Waals surface area contributed by atoms with Gasteiger partial charge in [0.15, 0.2) is 0 Å². The van der Waals surface area contributed by atoms with Gasteiger partial charge in [-0.2, -0.15) is 0 Å². The highest BCUT2D eigenvalue weighted by Gasteiger charge is 2.32. The smallest absolute Gasteiger partial charge is 0.0579 e. The molecule has 1 rings (SSSR count). The lowest BCUT2D eigenvalue weighted by atomic mass is 9.92. The molecule has 1 aliphatic heterocycles. The lowest BCUT2D eigenvalue weighted by Gasteiger charge is -2.10. The van der Waals surface area contributed by atoms with Gasteiger partial charge in [-0.05, 0) is 25.7 Å². The third-order valence-electron chi connectivity index (χ3n) is 2.74. The Morgan fingerprint density at radius 1 is 0.778 bits per heavy atom. The molecular formula is C8H16O. The SMILES string of the molecule is CC1O[C@H](C)[C@@H](C)C1C. The van der Waals surface area contributed by atoms with E-state index in [0.717, 1.165) is 11.8 Å². The normalized spacial score (nSPS) is 52.0. The summed E-state index contributed by atoms with van der Waals surface area (Å²) in [5, 5.41) is 0. The van der Waals surface area contributed by atoms with Crippen LogP contribution in [0.1, 0.15) is 27.7 Å². The van der Waals surface area contributed by atoms with Crippen molar-refractivity contribution in [3.05, 3.63) is 0 Å². The summed E-state index contributed by atoms with van der Waals surface area (Å²) in [6.45, 7) is 8.84. The minimum absolute atomic E-state index is 0.468. The van der Waals surface area contributed by atoms with Crippen molar-refractivity contribution in [3.8, 4) is 0 Å². The molecule has 1 saturated heterocycles. The summed E-state index contributed by atoms with van der Waals surface area (Å²) in [5.41, 5.74) is 0. The maximum absolute atomic E-state index is 5.59. The van der Waals surface area contributed by atoms with E-state index in [-0.39, 0.29) is 0 Å². The zero-order valence-electron chi connectivity index (χ0n) is 6.72. The van der Waals surface area contributed by atoms with Gasteiger partial charge in [-0.15, -0.1) is 0 Å². The van der Waals surface area contributed by atoms with Crippen molar-refractivity contribution in [1.82, 2.24) is 0 Å². The van der Waals surface area contributed by atoms with Crippen LogP contribution in [0.2, 0.25) is 0 Å². The van der Waals surface area contributed by atoms with Gasteiger partial charge >= 0.3 is 0 Å². The predicted octanol–water partition coefficient (Wildman–Crippen LogP) is 2.07. The monoisotopic (exact) mass is 128 g/mol. The molecule has 0 aromatic carbocycles. The topological polar surface area (TPSA) is 9.23 Å². The summed E-state index contributed by atoms with van der Waals surface area (Å²) < 4.78 is 5.59. The molecule has 0 amide bonds. The van der Waals surface area contributed by atoms with Crippen LogP contribution in [-0.4, -0.2) is 12.2 Å². The Kier molecular flexibility index (Phi) is 1.80. The molecule has 1 fully saturated rings. The zero-order valence-corrected chi connectivity index (χ0v) is 6.72. The lowest BCUT2D eigenvalue weighted by molar-refractivity contribution is 0.0524. The molecule has 0 radical (unpaired) electrons. The molecule has 4 atom stereocenters. The van der Waals surface area contributed by atoms with E-state index in [4.69, 9.17) is 4.74 Å². The van der Waals surface area contributed by atoms with Crippen LogP contribution in [0, 0.1) is 11.8 Å². The van der Waals surface area contributed by atoms with Gasteiger partial charge in [0.05, 0.1) is 12.2 Å². The largest absolute Gasteiger partial charge is 0.375 e. The van der Waals surface area contributed by atoms with E-state index in [0.29, 0.717) is 12.2 Å². The van der Waals surface area contributed by atoms with Gasteiger partial charge in [0.25, 0.3) is 0 Å². The highest BCUT2D eigenvalue weighted by Crippen LogP contribution is 2.30. The third kappa shape index (κ3) is 1.11. The lowest BCUT2D eigenvalue weighted by Crippen LogP contribution is -2.12. The molecular weight excluding hydrogens is 112 g/mol. The summed E-state index contributed by atoms with van der Waals surface area (Å²) in [6, 6.07) is 0. The van der Waals surface area contributed by atoms with E-state index in [1.54, 1.807) is 0 Å². The van der Waals surface area contributed by atoms with Crippen LogP contribution < -0.4 is 0 Å². The van der Waals surface area contributed by atoms with Gasteiger partial charge in [0.1, 0.15) is 0 Å². The van der Waals surface area contributed by atoms with Gasteiger partial charge in [-0.25, -0.2) is 0 Å². The Balaban J connectivity index is 2.54. The number of ether oxygens (including phenoxy) is 1. The molecule has 0 aromatic rings. The first-order chi connectivity index (χ1) is 4.13. The van der Waals surface area contributed by atoms with E-state index in [1.165, 1.54) is 0 Å². The van der Waals surface area contributed by atoms with E-state index in [9.17, 15) is 0 Å². The summed E-state index contributed by atoms with van der Waals surface area (Å²) in [7, 11) is 0. The molecule has 54 valence electrons. The van der Waals surface area contributed by atoms with Crippen LogP contribution in [0.4, 0.5) is 0 Å². The maximum atomic E-state index is 5.59. The first-order valence-corrected chi connectivity index (χ1v) is 3.78. The number of hydrogen-bond donors (Lipinski definition) is 0. The van der Waals surface area contributed by atoms with Crippen LogP contribution >= 0.6 is 0 Å². The highest BCUT2D eigenvalue weighted by molar-refractivity contribution is 4.80. The van der Waals surface area contributed by atoms with E-state index in [1.807, 2.05) is 0 Å². The van der Waals surface area contributed by atoms with Gasteiger partial charge in [-0.1, -0.05) is 13.8 Å². The van der Waals surface area contributed by atoms with Crippen molar-refractivity contribution in [2.75, 3.05) is 0 Å². The molecule has 1 heteroatoms. The summed E-state index contributed by atoms with van der Waals surface area (Å²) in [4.78, 5) is 0. The van der Waals surface area contributed by atoms with Gasteiger partial charge in [0, 0.05) is 0 Å². The first kappa shape index (κ1) is 7.07. The summed E-state index contributed by atoms with van der Waals surface area (Å²) in [6.07, 6.45) is 0.935. The Bertz CT molecular complexity index is 88.7. The highest BCUT2D eigenvalue weighted by atomic mass is 16.5. The van der Waals surface area contributed by atoms with Crippen LogP contribution in [0.25, 0.3) is 0 Å². The molecule has 0 aliphatic carbocycles. The van der Waals surface area contributed by atoms with Crippen molar-refractivity contribution in [3.63, 3.8) is 0 Å². The van der Waals surface area contributed by atoms with Gasteiger partial charge in [-0.3, -0.25) is 0 Å². The predicted molar refractivity (Wildman–Crippen MR) is 38.3 cm³/mol. The molecule has 0 spiro atoms. The van der Waals surface area contributed by atoms with Crippen molar-refractivity contribution < 1.29 is 4.74 Å². The standard InChI is InChI=1S/C8H16O/c1-5-6(2)8(4)9-7(5)3/h5-8H,1-4H3/t5-,6?,7+,8?/m0/s1. The minimum Gasteiger partial charge on any atom is -0.375 e. The van der Waals surface area contributed by atoms with E-state index in [2.05, 4.69) is 27.7 Å². The molecule has 9 heavy (non-hydrogen) atoms. The second kappa shape index (κ2) is 2.30. The molecule has 1 aliphatic rings. The molecule has 1 heterocycles. The van der Waals surface area contributed by atoms with E-state index >= 15 is 0 Å². The van der Waals surface area contributed by atoms with Crippen LogP contribution in [0.15, 0.2) is 0 Å². The average Bonchev–Trinajstić information content (AvgIpc) is 1.98. The summed E-state index contributed by atoms with van der Waals surface area (Å²) >= 11 is 0. The van der Waals surface area contributed by atoms with Crippen molar-refractivity contribution in [2.45, 2.75) is 39.9 Å². The van der Waals surface area contributed by atoms with Gasteiger partial charge < -0.3 is 4.74 Å². The zero-order chi connectivity index (χ0) is 7.02. The fourth-order valence-electron chi connectivity index (χ4n) is 1.44. The molecule has 2 unspecified atom stereocenters. The summed E-state index contributed by atoms with van der Waals surface area (Å²) in [5.74, 6) is 1.47. The quantitative estimate of drug-likeness (QED) is 0.485. The molecule has 1 nitrogen and oxygen atoms in total. The van der Waals surface area contributed by atoms with Crippen molar-refractivity contribution >= 4 is 0 Å². The fraction of sp³-hybridized carbons (Fsp3) is 1.00. The Hall–Kier alpha value is -0.0400. The molecule has 0 aromatic heterocycles. The first-order valence-electron chi connectivity index (χ1n) is 3.78. The molecule has 0 bridgehead atoms.